The molecular formula is C15H21O6Si+. The van der Waals surface area contributed by atoms with Crippen molar-refractivity contribution in [3.8, 4) is 0 Å². The van der Waals surface area contributed by atoms with Crippen LogP contribution >= 0.6 is 0 Å². The zero-order valence-corrected chi connectivity index (χ0v) is 14.7. The maximum absolute atomic E-state index is 6.04. The summed E-state index contributed by atoms with van der Waals surface area (Å²) in [6, 6.07) is 0. The van der Waals surface area contributed by atoms with E-state index in [9.17, 15) is 0 Å². The zero-order chi connectivity index (χ0) is 16.2. The monoisotopic (exact) mass is 325 g/mol. The predicted molar refractivity (Wildman–Crippen MR) is 82.3 cm³/mol. The molecule has 0 unspecified atom stereocenters. The van der Waals surface area contributed by atoms with Gasteiger partial charge in [-0.1, -0.05) is 0 Å². The van der Waals surface area contributed by atoms with Gasteiger partial charge in [0.15, 0.2) is 0 Å². The number of ketones is 3. The van der Waals surface area contributed by atoms with Crippen molar-refractivity contribution in [3.63, 3.8) is 0 Å². The minimum absolute atomic E-state index is 0.526. The van der Waals surface area contributed by atoms with Crippen molar-refractivity contribution in [2.24, 2.45) is 0 Å². The first-order valence-corrected chi connectivity index (χ1v) is 9.63. The average molecular weight is 325 g/mol. The Balaban J connectivity index is 2.44. The van der Waals surface area contributed by atoms with Crippen LogP contribution in [0.2, 0.25) is 0 Å². The Labute approximate surface area is 128 Å². The molecule has 0 aromatic carbocycles. The minimum atomic E-state index is -5.76. The number of carbonyl (C=O) groups excluding carboxylic acids is 3. The number of hydrogen-bond donors (Lipinski definition) is 0. The van der Waals surface area contributed by atoms with Crippen LogP contribution in [0, 0.1) is 0 Å². The zero-order valence-electron chi connectivity index (χ0n) is 13.7. The van der Waals surface area contributed by atoms with Gasteiger partial charge < -0.3 is 0 Å². The van der Waals surface area contributed by atoms with E-state index in [1.54, 1.807) is 59.8 Å². The second kappa shape index (κ2) is 3.78. The van der Waals surface area contributed by atoms with Gasteiger partial charge in [0.05, 0.1) is 0 Å². The van der Waals surface area contributed by atoms with Crippen LogP contribution in [0.25, 0.3) is 0 Å². The van der Waals surface area contributed by atoms with Crippen LogP contribution in [0.5, 0.6) is 0 Å². The molecule has 3 heterocycles. The first-order chi connectivity index (χ1) is 10.1. The van der Waals surface area contributed by atoms with E-state index in [4.69, 9.17) is 25.6 Å². The molecule has 0 N–H and O–H groups in total. The molecule has 0 saturated carbocycles. The van der Waals surface area contributed by atoms with Crippen LogP contribution in [0.3, 0.4) is 0 Å². The molecule has 0 aliphatic carbocycles. The molecule has 3 aliphatic heterocycles. The fourth-order valence-electron chi connectivity index (χ4n) is 3.32. The molecule has 0 aromatic rings. The van der Waals surface area contributed by atoms with Gasteiger partial charge in [0.25, 0.3) is 0 Å². The fraction of sp³-hybridized carbons (Fsp3) is 0.400. The molecular weight excluding hydrogens is 304 g/mol. The van der Waals surface area contributed by atoms with E-state index < -0.39 is 8.09 Å². The van der Waals surface area contributed by atoms with Gasteiger partial charge in [-0.15, -0.1) is 0 Å². The van der Waals surface area contributed by atoms with Crippen LogP contribution < -0.4 is 0 Å². The molecule has 22 heavy (non-hydrogen) atoms. The van der Waals surface area contributed by atoms with Crippen molar-refractivity contribution in [3.05, 3.63) is 35.5 Å². The van der Waals surface area contributed by atoms with Gasteiger partial charge in [-0.3, -0.25) is 0 Å². The molecule has 120 valence electrons. The second-order valence-corrected chi connectivity index (χ2v) is 9.68. The Bertz CT molecular complexity index is 667. The molecule has 0 radical (unpaired) electrons. The fourth-order valence-corrected chi connectivity index (χ4v) is 8.24. The molecule has 7 heteroatoms. The van der Waals surface area contributed by atoms with E-state index in [0.29, 0.717) is 34.6 Å². The van der Waals surface area contributed by atoms with Crippen molar-refractivity contribution >= 4 is 25.4 Å². The molecule has 3 rings (SSSR count). The van der Waals surface area contributed by atoms with Crippen LogP contribution in [0.15, 0.2) is 35.5 Å². The summed E-state index contributed by atoms with van der Waals surface area (Å²) in [7, 11) is -5.76. The Morgan fingerprint density at radius 2 is 0.864 bits per heavy atom. The first-order valence-electron chi connectivity index (χ1n) is 7.18. The van der Waals surface area contributed by atoms with Crippen molar-refractivity contribution in [2.75, 3.05) is 0 Å². The second-order valence-electron chi connectivity index (χ2n) is 5.96. The van der Waals surface area contributed by atoms with Gasteiger partial charge in [0.1, 0.15) is 0 Å². The van der Waals surface area contributed by atoms with Gasteiger partial charge in [0, 0.05) is 0 Å². The van der Waals surface area contributed by atoms with Crippen LogP contribution in [0.4, 0.5) is 0 Å². The summed E-state index contributed by atoms with van der Waals surface area (Å²) >= 11 is 0. The summed E-state index contributed by atoms with van der Waals surface area (Å²) in [5.74, 6) is 3.16. The molecule has 0 atom stereocenters. The number of allylic oxidation sites excluding steroid dienone is 6. The van der Waals surface area contributed by atoms with Gasteiger partial charge in [-0.05, 0) is 0 Å². The summed E-state index contributed by atoms with van der Waals surface area (Å²) in [4.78, 5) is 0. The van der Waals surface area contributed by atoms with E-state index in [-0.39, 0.29) is 0 Å². The Morgan fingerprint density at radius 3 is 1.09 bits per heavy atom. The molecule has 1 spiro atoms. The van der Waals surface area contributed by atoms with Crippen molar-refractivity contribution in [2.45, 2.75) is 41.5 Å². The molecule has 0 amide bonds. The van der Waals surface area contributed by atoms with E-state index in [1.807, 2.05) is 0 Å². The average Bonchev–Trinajstić information content (AvgIpc) is 2.20. The Morgan fingerprint density at radius 1 is 0.591 bits per heavy atom. The van der Waals surface area contributed by atoms with Gasteiger partial charge >= 0.3 is 128 Å². The predicted octanol–water partition coefficient (Wildman–Crippen LogP) is 2.50. The van der Waals surface area contributed by atoms with E-state index in [1.165, 1.54) is 0 Å². The normalized spacial score (nSPS) is 30.3. The third kappa shape index (κ3) is 1.88. The summed E-state index contributed by atoms with van der Waals surface area (Å²) in [6.45, 7) is 10.6. The molecule has 0 aromatic heterocycles. The van der Waals surface area contributed by atoms with Gasteiger partial charge in [-0.2, -0.15) is 0 Å². The molecule has 3 aliphatic rings. The molecule has 0 fully saturated rings. The number of hydrogen-bond acceptors (Lipinski definition) is 3. The number of rotatable bonds is 0. The summed E-state index contributed by atoms with van der Waals surface area (Å²) in [5.41, 5.74) is 0. The van der Waals surface area contributed by atoms with E-state index in [0.717, 1.165) is 0 Å². The van der Waals surface area contributed by atoms with Crippen molar-refractivity contribution in [1.82, 2.24) is 0 Å². The third-order valence-electron chi connectivity index (χ3n) is 3.44. The standard InChI is InChI=1S/C15H21O6Si/c1-10-7-11(2)17-22(16-10,18-12(3)8-13(4)19-22)20-14(5)9-15(6)21-22/h7-9H,1-6H3/q+1. The van der Waals surface area contributed by atoms with Crippen LogP contribution in [-0.2, 0) is 25.6 Å². The summed E-state index contributed by atoms with van der Waals surface area (Å²) in [5, 5.41) is 0. The van der Waals surface area contributed by atoms with E-state index >= 15 is 0 Å². The molecule has 0 bridgehead atoms. The van der Waals surface area contributed by atoms with Crippen LogP contribution in [0.1, 0.15) is 41.5 Å². The maximum atomic E-state index is 6.04. The van der Waals surface area contributed by atoms with Gasteiger partial charge in [-0.25, -0.2) is 0 Å². The van der Waals surface area contributed by atoms with Gasteiger partial charge in [0.2, 0.25) is 0 Å². The van der Waals surface area contributed by atoms with Crippen LogP contribution in [-0.4, -0.2) is 25.4 Å². The molecule has 0 saturated heterocycles. The Hall–Kier alpha value is -2.15. The van der Waals surface area contributed by atoms with E-state index in [2.05, 4.69) is 0 Å². The first kappa shape index (κ1) is 14.8. The third-order valence-corrected chi connectivity index (χ3v) is 7.87. The molecule has 6 nitrogen and oxygen atoms in total. The van der Waals surface area contributed by atoms with Crippen molar-refractivity contribution < 1.29 is 25.6 Å². The van der Waals surface area contributed by atoms with Crippen molar-refractivity contribution in [1.29, 1.82) is 0 Å². The summed E-state index contributed by atoms with van der Waals surface area (Å²) in [6.07, 6.45) is 5.18. The quantitative estimate of drug-likeness (QED) is 0.508. The topological polar surface area (TPSA) is 61.6 Å². The summed E-state index contributed by atoms with van der Waals surface area (Å²) < 4.78 is 36.3. The Kier molecular flexibility index (Phi) is 2.54. The SMILES string of the molecule is CC1=CC(C)=[O+][Si-2]23(O1)(OC(C)=CC(C)=[O+]2)OC(C)=CC(C)=[O+]3.